The zero-order chi connectivity index (χ0) is 15.9. The summed E-state index contributed by atoms with van der Waals surface area (Å²) in [6, 6.07) is 6.65. The van der Waals surface area contributed by atoms with Crippen LogP contribution in [0.4, 0.5) is 0 Å². The van der Waals surface area contributed by atoms with Crippen molar-refractivity contribution in [3.05, 3.63) is 52.6 Å². The molecule has 4 nitrogen and oxygen atoms in total. The predicted molar refractivity (Wildman–Crippen MR) is 91.9 cm³/mol. The van der Waals surface area contributed by atoms with Crippen molar-refractivity contribution in [2.75, 3.05) is 13.2 Å². The summed E-state index contributed by atoms with van der Waals surface area (Å²) < 4.78 is 5.61. The highest BCUT2D eigenvalue weighted by Gasteiger charge is 2.24. The molecule has 0 amide bonds. The standard InChI is InChI=1S/C20H23N3O/c1-2-14(1)10-20-21-11-17-5-7-23(13-18(17)22-20)12-15-3-4-19-16(9-15)6-8-24-19/h3-4,9,11,14H,1-2,5-8,10,12-13H2. The molecular formula is C20H23N3O. The van der Waals surface area contributed by atoms with E-state index in [-0.39, 0.29) is 0 Å². The minimum atomic E-state index is 0.830. The molecule has 1 fully saturated rings. The summed E-state index contributed by atoms with van der Waals surface area (Å²) >= 11 is 0. The third-order valence-electron chi connectivity index (χ3n) is 5.40. The topological polar surface area (TPSA) is 38.2 Å². The van der Waals surface area contributed by atoms with Crippen LogP contribution in [0.3, 0.4) is 0 Å². The van der Waals surface area contributed by atoms with Gasteiger partial charge in [-0.15, -0.1) is 0 Å². The van der Waals surface area contributed by atoms with Crippen LogP contribution in [0.15, 0.2) is 24.4 Å². The highest BCUT2D eigenvalue weighted by atomic mass is 16.5. The van der Waals surface area contributed by atoms with Crippen molar-refractivity contribution in [1.82, 2.24) is 14.9 Å². The van der Waals surface area contributed by atoms with Gasteiger partial charge in [0.05, 0.1) is 12.3 Å². The van der Waals surface area contributed by atoms with Gasteiger partial charge in [0.15, 0.2) is 0 Å². The van der Waals surface area contributed by atoms with Crippen molar-refractivity contribution in [2.45, 2.75) is 45.2 Å². The Labute approximate surface area is 142 Å². The minimum absolute atomic E-state index is 0.830. The first-order valence-electron chi connectivity index (χ1n) is 9.14. The Morgan fingerprint density at radius 2 is 2.12 bits per heavy atom. The molecule has 0 bridgehead atoms. The quantitative estimate of drug-likeness (QED) is 0.868. The van der Waals surface area contributed by atoms with Crippen molar-refractivity contribution in [2.24, 2.45) is 5.92 Å². The Kier molecular flexibility index (Phi) is 3.51. The van der Waals surface area contributed by atoms with E-state index < -0.39 is 0 Å². The molecule has 0 N–H and O–H groups in total. The molecule has 1 saturated carbocycles. The second-order valence-corrected chi connectivity index (χ2v) is 7.41. The second kappa shape index (κ2) is 5.85. The molecular weight excluding hydrogens is 298 g/mol. The first-order valence-corrected chi connectivity index (χ1v) is 9.14. The Morgan fingerprint density at radius 1 is 1.17 bits per heavy atom. The van der Waals surface area contributed by atoms with Gasteiger partial charge in [-0.1, -0.05) is 12.1 Å². The van der Waals surface area contributed by atoms with E-state index in [1.54, 1.807) is 0 Å². The van der Waals surface area contributed by atoms with Crippen LogP contribution in [-0.4, -0.2) is 28.0 Å². The Morgan fingerprint density at radius 3 is 3.04 bits per heavy atom. The van der Waals surface area contributed by atoms with Gasteiger partial charge in [0.25, 0.3) is 0 Å². The number of hydrogen-bond donors (Lipinski definition) is 0. The number of hydrogen-bond acceptors (Lipinski definition) is 4. The number of aromatic nitrogens is 2. The molecule has 0 spiro atoms. The molecule has 0 radical (unpaired) electrons. The summed E-state index contributed by atoms with van der Waals surface area (Å²) in [5, 5.41) is 0. The molecule has 3 aliphatic rings. The van der Waals surface area contributed by atoms with E-state index in [9.17, 15) is 0 Å². The van der Waals surface area contributed by atoms with E-state index in [4.69, 9.17) is 9.72 Å². The lowest BCUT2D eigenvalue weighted by molar-refractivity contribution is 0.240. The van der Waals surface area contributed by atoms with Gasteiger partial charge < -0.3 is 4.74 Å². The van der Waals surface area contributed by atoms with E-state index in [1.807, 2.05) is 0 Å². The van der Waals surface area contributed by atoms with Gasteiger partial charge in [-0.25, -0.2) is 9.97 Å². The van der Waals surface area contributed by atoms with Crippen molar-refractivity contribution >= 4 is 0 Å². The predicted octanol–water partition coefficient (Wildman–Crippen LogP) is 2.92. The average molecular weight is 321 g/mol. The van der Waals surface area contributed by atoms with Crippen LogP contribution in [-0.2, 0) is 32.4 Å². The molecule has 4 heteroatoms. The summed E-state index contributed by atoms with van der Waals surface area (Å²) in [7, 11) is 0. The van der Waals surface area contributed by atoms with Crippen LogP contribution in [0.1, 0.15) is 41.1 Å². The van der Waals surface area contributed by atoms with Crippen LogP contribution in [0.25, 0.3) is 0 Å². The zero-order valence-electron chi connectivity index (χ0n) is 14.0. The van der Waals surface area contributed by atoms with E-state index in [1.165, 1.54) is 35.2 Å². The minimum Gasteiger partial charge on any atom is -0.493 e. The second-order valence-electron chi connectivity index (χ2n) is 7.41. The molecule has 1 aromatic carbocycles. The molecule has 0 atom stereocenters. The maximum absolute atomic E-state index is 5.61. The van der Waals surface area contributed by atoms with Gasteiger partial charge in [0.2, 0.25) is 0 Å². The van der Waals surface area contributed by atoms with E-state index in [0.717, 1.165) is 63.0 Å². The van der Waals surface area contributed by atoms with E-state index >= 15 is 0 Å². The lowest BCUT2D eigenvalue weighted by Gasteiger charge is -2.28. The largest absolute Gasteiger partial charge is 0.493 e. The number of ether oxygens (including phenoxy) is 1. The molecule has 0 saturated heterocycles. The fourth-order valence-corrected chi connectivity index (χ4v) is 3.81. The van der Waals surface area contributed by atoms with Crippen molar-refractivity contribution < 1.29 is 4.74 Å². The normalized spacial score (nSPS) is 19.7. The third-order valence-corrected chi connectivity index (χ3v) is 5.40. The molecule has 1 aromatic heterocycles. The molecule has 2 aliphatic heterocycles. The highest BCUT2D eigenvalue weighted by Crippen LogP contribution is 2.32. The lowest BCUT2D eigenvalue weighted by Crippen LogP contribution is -2.31. The molecule has 1 aliphatic carbocycles. The zero-order valence-corrected chi connectivity index (χ0v) is 14.0. The van der Waals surface area contributed by atoms with E-state index in [0.29, 0.717) is 0 Å². The molecule has 2 aromatic rings. The SMILES string of the molecule is c1cc2c(cc1CN1CCc3cnc(CC4CC4)nc3C1)CCO2. The van der Waals surface area contributed by atoms with Gasteiger partial charge >= 0.3 is 0 Å². The highest BCUT2D eigenvalue weighted by molar-refractivity contribution is 5.39. The van der Waals surface area contributed by atoms with Gasteiger partial charge in [-0.3, -0.25) is 4.90 Å². The maximum Gasteiger partial charge on any atom is 0.128 e. The first kappa shape index (κ1) is 14.4. The average Bonchev–Trinajstić information content (AvgIpc) is 3.28. The summed E-state index contributed by atoms with van der Waals surface area (Å²) in [5.74, 6) is 2.96. The van der Waals surface area contributed by atoms with Gasteiger partial charge in [0, 0.05) is 38.7 Å². The first-order chi connectivity index (χ1) is 11.8. The summed E-state index contributed by atoms with van der Waals surface area (Å²) in [5.41, 5.74) is 5.33. The van der Waals surface area contributed by atoms with Crippen molar-refractivity contribution in [3.8, 4) is 5.75 Å². The smallest absolute Gasteiger partial charge is 0.128 e. The molecule has 24 heavy (non-hydrogen) atoms. The molecule has 3 heterocycles. The Hall–Kier alpha value is -1.94. The number of nitrogens with zero attached hydrogens (tertiary/aromatic N) is 3. The summed E-state index contributed by atoms with van der Waals surface area (Å²) in [4.78, 5) is 12.0. The molecule has 5 rings (SSSR count). The van der Waals surface area contributed by atoms with Gasteiger partial charge in [-0.05, 0) is 47.9 Å². The monoisotopic (exact) mass is 321 g/mol. The lowest BCUT2D eigenvalue weighted by atomic mass is 10.0. The fourth-order valence-electron chi connectivity index (χ4n) is 3.81. The number of fused-ring (bicyclic) bond motifs is 2. The Bertz CT molecular complexity index is 769. The Balaban J connectivity index is 1.30. The summed E-state index contributed by atoms with van der Waals surface area (Å²) in [6.07, 6.45) is 7.96. The van der Waals surface area contributed by atoms with Crippen molar-refractivity contribution in [1.29, 1.82) is 0 Å². The van der Waals surface area contributed by atoms with Crippen molar-refractivity contribution in [3.63, 3.8) is 0 Å². The van der Waals surface area contributed by atoms with Gasteiger partial charge in [0.1, 0.15) is 11.6 Å². The fraction of sp³-hybridized carbons (Fsp3) is 0.500. The van der Waals surface area contributed by atoms with Crippen LogP contribution in [0.5, 0.6) is 5.75 Å². The third kappa shape index (κ3) is 2.91. The van der Waals surface area contributed by atoms with Crippen LogP contribution >= 0.6 is 0 Å². The number of rotatable bonds is 4. The van der Waals surface area contributed by atoms with Gasteiger partial charge in [-0.2, -0.15) is 0 Å². The van der Waals surface area contributed by atoms with Crippen LogP contribution < -0.4 is 4.74 Å². The maximum atomic E-state index is 5.61. The number of benzene rings is 1. The molecule has 124 valence electrons. The summed E-state index contributed by atoms with van der Waals surface area (Å²) in [6.45, 7) is 3.86. The van der Waals surface area contributed by atoms with E-state index in [2.05, 4.69) is 34.3 Å². The van der Waals surface area contributed by atoms with Crippen LogP contribution in [0.2, 0.25) is 0 Å². The molecule has 0 unspecified atom stereocenters. The van der Waals surface area contributed by atoms with Crippen LogP contribution in [0, 0.1) is 5.92 Å².